The van der Waals surface area contributed by atoms with Crippen molar-refractivity contribution in [2.24, 2.45) is 5.41 Å². The lowest BCUT2D eigenvalue weighted by atomic mass is 9.87. The molecule has 0 aliphatic rings. The van der Waals surface area contributed by atoms with Gasteiger partial charge in [0.05, 0.1) is 5.75 Å². The van der Waals surface area contributed by atoms with Crippen molar-refractivity contribution >= 4 is 10.0 Å². The number of hydrogen-bond donors (Lipinski definition) is 0. The maximum absolute atomic E-state index is 11.6. The zero-order chi connectivity index (χ0) is 10.7. The van der Waals surface area contributed by atoms with Crippen LogP contribution in [-0.4, -0.2) is 32.6 Å². The molecule has 80 valence electrons. The first kappa shape index (κ1) is 12.9. The van der Waals surface area contributed by atoms with Crippen LogP contribution in [0.3, 0.4) is 0 Å². The second-order valence-corrected chi connectivity index (χ2v) is 6.24. The molecule has 0 bridgehead atoms. The van der Waals surface area contributed by atoms with Gasteiger partial charge < -0.3 is 0 Å². The van der Waals surface area contributed by atoms with Crippen molar-refractivity contribution in [2.45, 2.75) is 33.6 Å². The van der Waals surface area contributed by atoms with Crippen LogP contribution in [0.4, 0.5) is 0 Å². The summed E-state index contributed by atoms with van der Waals surface area (Å²) in [6.45, 7) is 6.09. The third-order valence-electron chi connectivity index (χ3n) is 2.79. The molecule has 4 heteroatoms. The van der Waals surface area contributed by atoms with Crippen LogP contribution in [0.2, 0.25) is 0 Å². The van der Waals surface area contributed by atoms with Crippen LogP contribution in [0.15, 0.2) is 0 Å². The van der Waals surface area contributed by atoms with Gasteiger partial charge in [0.25, 0.3) is 0 Å². The van der Waals surface area contributed by atoms with Gasteiger partial charge in [-0.3, -0.25) is 0 Å². The highest BCUT2D eigenvalue weighted by Crippen LogP contribution is 2.27. The minimum atomic E-state index is -3.05. The van der Waals surface area contributed by atoms with Crippen molar-refractivity contribution in [3.8, 4) is 0 Å². The number of nitrogens with zero attached hydrogens (tertiary/aromatic N) is 1. The normalized spacial score (nSPS) is 13.7. The van der Waals surface area contributed by atoms with E-state index in [1.807, 2.05) is 20.8 Å². The Hall–Kier alpha value is -0.0900. The Bertz CT molecular complexity index is 240. The molecule has 0 aliphatic heterocycles. The predicted molar refractivity (Wildman–Crippen MR) is 56.2 cm³/mol. The average Bonchev–Trinajstić information content (AvgIpc) is 2.03. The molecule has 0 aromatic rings. The summed E-state index contributed by atoms with van der Waals surface area (Å²) in [5.74, 6) is 0.250. The van der Waals surface area contributed by atoms with Crippen molar-refractivity contribution < 1.29 is 8.42 Å². The quantitative estimate of drug-likeness (QED) is 0.688. The number of hydrogen-bond acceptors (Lipinski definition) is 2. The van der Waals surface area contributed by atoms with Crippen LogP contribution in [0.25, 0.3) is 0 Å². The SMILES string of the molecule is CCC(C)(CC)CS(=O)(=O)N(C)C. The van der Waals surface area contributed by atoms with Crippen molar-refractivity contribution in [2.75, 3.05) is 19.8 Å². The molecular weight excluding hydrogens is 186 g/mol. The first-order valence-corrected chi connectivity index (χ1v) is 6.28. The minimum absolute atomic E-state index is 0.0803. The molecule has 0 saturated carbocycles. The van der Waals surface area contributed by atoms with E-state index >= 15 is 0 Å². The Morgan fingerprint density at radius 1 is 1.15 bits per heavy atom. The van der Waals surface area contributed by atoms with Gasteiger partial charge in [-0.25, -0.2) is 12.7 Å². The summed E-state index contributed by atoms with van der Waals surface area (Å²) >= 11 is 0. The van der Waals surface area contributed by atoms with Crippen molar-refractivity contribution in [1.82, 2.24) is 4.31 Å². The van der Waals surface area contributed by atoms with Gasteiger partial charge >= 0.3 is 0 Å². The monoisotopic (exact) mass is 207 g/mol. The maximum atomic E-state index is 11.6. The van der Waals surface area contributed by atoms with E-state index in [1.54, 1.807) is 14.1 Å². The van der Waals surface area contributed by atoms with Gasteiger partial charge in [0, 0.05) is 14.1 Å². The van der Waals surface area contributed by atoms with E-state index in [0.717, 1.165) is 12.8 Å². The van der Waals surface area contributed by atoms with Gasteiger partial charge in [-0.05, 0) is 18.3 Å². The maximum Gasteiger partial charge on any atom is 0.214 e. The van der Waals surface area contributed by atoms with E-state index in [9.17, 15) is 8.42 Å². The van der Waals surface area contributed by atoms with Crippen LogP contribution in [0.1, 0.15) is 33.6 Å². The Balaban J connectivity index is 4.60. The molecule has 0 atom stereocenters. The van der Waals surface area contributed by atoms with Crippen LogP contribution in [-0.2, 0) is 10.0 Å². The van der Waals surface area contributed by atoms with Crippen molar-refractivity contribution in [3.63, 3.8) is 0 Å². The Labute approximate surface area is 82.2 Å². The molecule has 0 aromatic carbocycles. The van der Waals surface area contributed by atoms with Gasteiger partial charge in [0.2, 0.25) is 10.0 Å². The van der Waals surface area contributed by atoms with Gasteiger partial charge in [-0.15, -0.1) is 0 Å². The van der Waals surface area contributed by atoms with Crippen LogP contribution in [0.5, 0.6) is 0 Å². The van der Waals surface area contributed by atoms with Gasteiger partial charge in [-0.1, -0.05) is 20.8 Å². The largest absolute Gasteiger partial charge is 0.214 e. The zero-order valence-electron chi connectivity index (χ0n) is 9.29. The molecule has 0 aliphatic carbocycles. The lowest BCUT2D eigenvalue weighted by molar-refractivity contribution is 0.333. The third-order valence-corrected chi connectivity index (χ3v) is 4.97. The molecular formula is C9H21NO2S. The summed E-state index contributed by atoms with van der Waals surface area (Å²) in [5.41, 5.74) is -0.0803. The van der Waals surface area contributed by atoms with Gasteiger partial charge in [0.1, 0.15) is 0 Å². The second kappa shape index (κ2) is 4.42. The predicted octanol–water partition coefficient (Wildman–Crippen LogP) is 1.70. The summed E-state index contributed by atoms with van der Waals surface area (Å²) in [4.78, 5) is 0. The Morgan fingerprint density at radius 3 is 1.77 bits per heavy atom. The molecule has 0 aromatic heterocycles. The number of sulfonamides is 1. The molecule has 0 fully saturated rings. The fourth-order valence-corrected chi connectivity index (χ4v) is 2.57. The van der Waals surface area contributed by atoms with E-state index in [1.165, 1.54) is 4.31 Å². The molecule has 0 saturated heterocycles. The highest BCUT2D eigenvalue weighted by atomic mass is 32.2. The number of rotatable bonds is 5. The summed E-state index contributed by atoms with van der Waals surface area (Å²) in [6, 6.07) is 0. The van der Waals surface area contributed by atoms with E-state index in [-0.39, 0.29) is 11.2 Å². The summed E-state index contributed by atoms with van der Waals surface area (Å²) < 4.78 is 24.5. The fourth-order valence-electron chi connectivity index (χ4n) is 1.02. The smallest absolute Gasteiger partial charge is 0.212 e. The van der Waals surface area contributed by atoms with Gasteiger partial charge in [0.15, 0.2) is 0 Å². The molecule has 13 heavy (non-hydrogen) atoms. The van der Waals surface area contributed by atoms with E-state index in [4.69, 9.17) is 0 Å². The van der Waals surface area contributed by atoms with E-state index in [2.05, 4.69) is 0 Å². The van der Waals surface area contributed by atoms with E-state index < -0.39 is 10.0 Å². The summed E-state index contributed by atoms with van der Waals surface area (Å²) in [6.07, 6.45) is 1.80. The highest BCUT2D eigenvalue weighted by molar-refractivity contribution is 7.89. The third kappa shape index (κ3) is 3.65. The first-order chi connectivity index (χ1) is 5.77. The molecule has 0 radical (unpaired) electrons. The molecule has 0 unspecified atom stereocenters. The van der Waals surface area contributed by atoms with Crippen LogP contribution >= 0.6 is 0 Å². The van der Waals surface area contributed by atoms with Crippen molar-refractivity contribution in [3.05, 3.63) is 0 Å². The lowest BCUT2D eigenvalue weighted by Gasteiger charge is -2.27. The molecule has 0 N–H and O–H groups in total. The standard InChI is InChI=1S/C9H21NO2S/c1-6-9(3,7-2)8-13(11,12)10(4)5/h6-8H2,1-5H3. The lowest BCUT2D eigenvalue weighted by Crippen LogP contribution is -2.33. The molecule has 0 amide bonds. The molecule has 0 rings (SSSR count). The summed E-state index contributed by atoms with van der Waals surface area (Å²) in [7, 11) is 0.122. The van der Waals surface area contributed by atoms with Crippen LogP contribution < -0.4 is 0 Å². The van der Waals surface area contributed by atoms with E-state index in [0.29, 0.717) is 0 Å². The minimum Gasteiger partial charge on any atom is -0.212 e. The fraction of sp³-hybridized carbons (Fsp3) is 1.00. The molecule has 0 spiro atoms. The molecule has 0 heterocycles. The van der Waals surface area contributed by atoms with Crippen molar-refractivity contribution in [1.29, 1.82) is 0 Å². The Kier molecular flexibility index (Phi) is 4.39. The zero-order valence-corrected chi connectivity index (χ0v) is 10.1. The van der Waals surface area contributed by atoms with Gasteiger partial charge in [-0.2, -0.15) is 0 Å². The molecule has 3 nitrogen and oxygen atoms in total. The Morgan fingerprint density at radius 2 is 1.54 bits per heavy atom. The highest BCUT2D eigenvalue weighted by Gasteiger charge is 2.28. The van der Waals surface area contributed by atoms with Crippen LogP contribution in [0, 0.1) is 5.41 Å². The first-order valence-electron chi connectivity index (χ1n) is 4.67. The summed E-state index contributed by atoms with van der Waals surface area (Å²) in [5, 5.41) is 0. The second-order valence-electron chi connectivity index (χ2n) is 4.06. The topological polar surface area (TPSA) is 37.4 Å². The average molecular weight is 207 g/mol.